The molecule has 3 aromatic rings. The van der Waals surface area contributed by atoms with Gasteiger partial charge in [-0.05, 0) is 42.2 Å². The normalized spacial score (nSPS) is 11.9. The molecule has 0 unspecified atom stereocenters. The van der Waals surface area contributed by atoms with Crippen LogP contribution in [0.5, 0.6) is 0 Å². The standard InChI is InChI=1S/C19H23N3OS/c1-12-20-15-7-6-13(10-14(15)18(23)21-12)11-22(5)17-9-8-16(24-17)19(2,3)4/h6-10H,11H2,1-5H3,(H,20,21,23). The Morgan fingerprint density at radius 1 is 1.21 bits per heavy atom. The quantitative estimate of drug-likeness (QED) is 0.776. The van der Waals surface area contributed by atoms with E-state index < -0.39 is 0 Å². The van der Waals surface area contributed by atoms with Crippen LogP contribution in [0.1, 0.15) is 37.0 Å². The van der Waals surface area contributed by atoms with Crippen LogP contribution in [0.25, 0.3) is 10.9 Å². The highest BCUT2D eigenvalue weighted by Gasteiger charge is 2.17. The molecule has 1 aromatic carbocycles. The third-order valence-electron chi connectivity index (χ3n) is 4.02. The van der Waals surface area contributed by atoms with Crippen molar-refractivity contribution in [1.29, 1.82) is 0 Å². The van der Waals surface area contributed by atoms with E-state index in [-0.39, 0.29) is 11.0 Å². The number of anilines is 1. The van der Waals surface area contributed by atoms with E-state index >= 15 is 0 Å². The highest BCUT2D eigenvalue weighted by molar-refractivity contribution is 7.16. The molecular formula is C19H23N3OS. The van der Waals surface area contributed by atoms with Crippen LogP contribution in [-0.4, -0.2) is 17.0 Å². The fourth-order valence-electron chi connectivity index (χ4n) is 2.69. The van der Waals surface area contributed by atoms with Crippen molar-refractivity contribution in [1.82, 2.24) is 9.97 Å². The molecule has 0 bridgehead atoms. The van der Waals surface area contributed by atoms with Crippen molar-refractivity contribution in [3.63, 3.8) is 0 Å². The van der Waals surface area contributed by atoms with E-state index in [9.17, 15) is 4.79 Å². The van der Waals surface area contributed by atoms with Gasteiger partial charge in [0.15, 0.2) is 0 Å². The predicted molar refractivity (Wildman–Crippen MR) is 102 cm³/mol. The summed E-state index contributed by atoms with van der Waals surface area (Å²) >= 11 is 1.82. The second-order valence-corrected chi connectivity index (χ2v) is 8.31. The summed E-state index contributed by atoms with van der Waals surface area (Å²) in [4.78, 5) is 22.9. The summed E-state index contributed by atoms with van der Waals surface area (Å²) in [5.74, 6) is 0.644. The van der Waals surface area contributed by atoms with Gasteiger partial charge in [-0.2, -0.15) is 0 Å². The maximum Gasteiger partial charge on any atom is 0.258 e. The Kier molecular flexibility index (Phi) is 4.22. The Hall–Kier alpha value is -2.14. The number of hydrogen-bond acceptors (Lipinski definition) is 4. The number of nitrogens with one attached hydrogen (secondary N) is 1. The number of hydrogen-bond donors (Lipinski definition) is 1. The summed E-state index contributed by atoms with van der Waals surface area (Å²) in [5.41, 5.74) is 1.94. The molecule has 2 heterocycles. The molecule has 3 rings (SSSR count). The Bertz CT molecular complexity index is 934. The number of thiophene rings is 1. The van der Waals surface area contributed by atoms with Gasteiger partial charge in [0.2, 0.25) is 0 Å². The molecule has 5 heteroatoms. The molecule has 126 valence electrons. The fraction of sp³-hybridized carbons (Fsp3) is 0.368. The topological polar surface area (TPSA) is 49.0 Å². The molecule has 0 aliphatic carbocycles. The summed E-state index contributed by atoms with van der Waals surface area (Å²) in [6.07, 6.45) is 0. The maximum absolute atomic E-state index is 12.1. The second-order valence-electron chi connectivity index (χ2n) is 7.25. The third-order valence-corrected chi connectivity index (χ3v) is 5.64. The Morgan fingerprint density at radius 2 is 1.96 bits per heavy atom. The number of H-pyrrole nitrogens is 1. The monoisotopic (exact) mass is 341 g/mol. The van der Waals surface area contributed by atoms with E-state index in [0.29, 0.717) is 11.2 Å². The molecule has 2 aromatic heterocycles. The smallest absolute Gasteiger partial charge is 0.258 e. The number of aryl methyl sites for hydroxylation is 1. The zero-order valence-electron chi connectivity index (χ0n) is 14.8. The summed E-state index contributed by atoms with van der Waals surface area (Å²) in [5, 5.41) is 1.88. The van der Waals surface area contributed by atoms with Gasteiger partial charge in [-0.25, -0.2) is 4.98 Å². The minimum atomic E-state index is -0.0758. The van der Waals surface area contributed by atoms with Crippen LogP contribution in [0.15, 0.2) is 35.1 Å². The highest BCUT2D eigenvalue weighted by Crippen LogP contribution is 2.34. The lowest BCUT2D eigenvalue weighted by molar-refractivity contribution is 0.604. The first-order valence-corrected chi connectivity index (χ1v) is 8.87. The van der Waals surface area contributed by atoms with E-state index in [1.54, 1.807) is 6.92 Å². The molecule has 0 saturated carbocycles. The lowest BCUT2D eigenvalue weighted by Crippen LogP contribution is -2.16. The van der Waals surface area contributed by atoms with Crippen LogP contribution >= 0.6 is 11.3 Å². The summed E-state index contributed by atoms with van der Waals surface area (Å²) in [6.45, 7) is 9.24. The van der Waals surface area contributed by atoms with Crippen molar-refractivity contribution in [2.45, 2.75) is 39.7 Å². The van der Waals surface area contributed by atoms with Crippen LogP contribution in [0.2, 0.25) is 0 Å². The molecule has 0 amide bonds. The summed E-state index contributed by atoms with van der Waals surface area (Å²) in [7, 11) is 2.08. The first-order chi connectivity index (χ1) is 11.2. The van der Waals surface area contributed by atoms with Crippen molar-refractivity contribution in [3.8, 4) is 0 Å². The predicted octanol–water partition coefficient (Wildman–Crippen LogP) is 4.23. The second kappa shape index (κ2) is 6.06. The largest absolute Gasteiger partial charge is 0.362 e. The molecule has 0 aliphatic rings. The first kappa shape index (κ1) is 16.7. The lowest BCUT2D eigenvalue weighted by Gasteiger charge is -2.19. The Balaban J connectivity index is 1.86. The van der Waals surface area contributed by atoms with E-state index in [1.807, 2.05) is 29.5 Å². The lowest BCUT2D eigenvalue weighted by atomic mass is 9.95. The molecule has 1 N–H and O–H groups in total. The number of nitrogens with zero attached hydrogens (tertiary/aromatic N) is 2. The number of aromatic nitrogens is 2. The number of rotatable bonds is 3. The minimum Gasteiger partial charge on any atom is -0.362 e. The SMILES string of the molecule is Cc1nc2ccc(CN(C)c3ccc(C(C)(C)C)s3)cc2c(=O)[nH]1. The molecule has 24 heavy (non-hydrogen) atoms. The van der Waals surface area contributed by atoms with E-state index in [4.69, 9.17) is 0 Å². The number of benzene rings is 1. The molecule has 0 atom stereocenters. The van der Waals surface area contributed by atoms with Gasteiger partial charge in [0.25, 0.3) is 5.56 Å². The van der Waals surface area contributed by atoms with Gasteiger partial charge in [0.1, 0.15) is 5.82 Å². The third kappa shape index (κ3) is 3.36. The van der Waals surface area contributed by atoms with Gasteiger partial charge in [-0.15, -0.1) is 11.3 Å². The highest BCUT2D eigenvalue weighted by atomic mass is 32.1. The molecular weight excluding hydrogens is 318 g/mol. The molecule has 0 spiro atoms. The molecule has 0 saturated heterocycles. The van der Waals surface area contributed by atoms with Crippen LogP contribution in [-0.2, 0) is 12.0 Å². The van der Waals surface area contributed by atoms with Crippen molar-refractivity contribution in [2.24, 2.45) is 0 Å². The zero-order chi connectivity index (χ0) is 17.5. The zero-order valence-corrected chi connectivity index (χ0v) is 15.6. The minimum absolute atomic E-state index is 0.0758. The fourth-order valence-corrected chi connectivity index (χ4v) is 3.71. The van der Waals surface area contributed by atoms with Gasteiger partial charge in [-0.1, -0.05) is 26.8 Å². The maximum atomic E-state index is 12.1. The van der Waals surface area contributed by atoms with Crippen LogP contribution in [0.3, 0.4) is 0 Å². The van der Waals surface area contributed by atoms with E-state index in [1.165, 1.54) is 9.88 Å². The van der Waals surface area contributed by atoms with Gasteiger partial charge < -0.3 is 9.88 Å². The average molecular weight is 341 g/mol. The van der Waals surface area contributed by atoms with Gasteiger partial charge >= 0.3 is 0 Å². The first-order valence-electron chi connectivity index (χ1n) is 8.05. The molecule has 0 radical (unpaired) electrons. The van der Waals surface area contributed by atoms with Crippen molar-refractivity contribution in [3.05, 3.63) is 57.0 Å². The van der Waals surface area contributed by atoms with Crippen molar-refractivity contribution < 1.29 is 0 Å². The Morgan fingerprint density at radius 3 is 2.62 bits per heavy atom. The summed E-state index contributed by atoms with van der Waals surface area (Å²) < 4.78 is 0. The van der Waals surface area contributed by atoms with E-state index in [0.717, 1.165) is 17.6 Å². The van der Waals surface area contributed by atoms with Gasteiger partial charge in [0, 0.05) is 18.5 Å². The van der Waals surface area contributed by atoms with Crippen molar-refractivity contribution in [2.75, 3.05) is 11.9 Å². The Labute approximate surface area is 146 Å². The van der Waals surface area contributed by atoms with Gasteiger partial charge in [-0.3, -0.25) is 4.79 Å². The van der Waals surface area contributed by atoms with Crippen LogP contribution in [0.4, 0.5) is 5.00 Å². The van der Waals surface area contributed by atoms with E-state index in [2.05, 4.69) is 54.8 Å². The van der Waals surface area contributed by atoms with Crippen LogP contribution < -0.4 is 10.5 Å². The van der Waals surface area contributed by atoms with Crippen molar-refractivity contribution >= 4 is 27.2 Å². The molecule has 0 aliphatic heterocycles. The number of aromatic amines is 1. The molecule has 4 nitrogen and oxygen atoms in total. The van der Waals surface area contributed by atoms with Crippen LogP contribution in [0, 0.1) is 6.92 Å². The molecule has 0 fully saturated rings. The van der Waals surface area contributed by atoms with Gasteiger partial charge in [0.05, 0.1) is 15.9 Å². The number of fused-ring (bicyclic) bond motifs is 1. The summed E-state index contributed by atoms with van der Waals surface area (Å²) in [6, 6.07) is 10.3. The average Bonchev–Trinajstić information content (AvgIpc) is 2.98.